The number of aryl methyl sites for hydroxylation is 1. The van der Waals surface area contributed by atoms with Gasteiger partial charge in [0.2, 0.25) is 0 Å². The lowest BCUT2D eigenvalue weighted by Gasteiger charge is -2.32. The average molecular weight is 370 g/mol. The number of anilines is 1. The molecule has 7 heteroatoms. The second-order valence-electron chi connectivity index (χ2n) is 6.53. The van der Waals surface area contributed by atoms with Crippen LogP contribution in [0.15, 0.2) is 40.3 Å². The van der Waals surface area contributed by atoms with Gasteiger partial charge in [0.05, 0.1) is 0 Å². The monoisotopic (exact) mass is 370 g/mol. The summed E-state index contributed by atoms with van der Waals surface area (Å²) < 4.78 is 5.76. The highest BCUT2D eigenvalue weighted by atomic mass is 32.1. The summed E-state index contributed by atoms with van der Waals surface area (Å²) in [6, 6.07) is 8.30. The highest BCUT2D eigenvalue weighted by Gasteiger charge is 2.23. The summed E-state index contributed by atoms with van der Waals surface area (Å²) in [7, 11) is 0. The lowest BCUT2D eigenvalue weighted by atomic mass is 10.1. The molecule has 0 saturated carbocycles. The third-order valence-corrected chi connectivity index (χ3v) is 5.56. The van der Waals surface area contributed by atoms with E-state index in [2.05, 4.69) is 15.6 Å². The van der Waals surface area contributed by atoms with Crippen LogP contribution in [0.1, 0.15) is 24.2 Å². The minimum absolute atomic E-state index is 0.0117. The Morgan fingerprint density at radius 2 is 2.15 bits per heavy atom. The molecule has 1 fully saturated rings. The molecule has 1 aliphatic heterocycles. The molecule has 0 radical (unpaired) electrons. The third-order valence-electron chi connectivity index (χ3n) is 4.86. The van der Waals surface area contributed by atoms with Crippen LogP contribution < -0.4 is 10.6 Å². The number of hydrogen-bond acceptors (Lipinski definition) is 5. The molecule has 6 nitrogen and oxygen atoms in total. The molecule has 26 heavy (non-hydrogen) atoms. The first kappa shape index (κ1) is 16.9. The first-order valence-corrected chi connectivity index (χ1v) is 9.74. The summed E-state index contributed by atoms with van der Waals surface area (Å²) >= 11 is 1.61. The van der Waals surface area contributed by atoms with Crippen LogP contribution in [0.4, 0.5) is 9.93 Å². The zero-order chi connectivity index (χ0) is 17.9. The molecule has 1 aliphatic rings. The Kier molecular flexibility index (Phi) is 4.79. The maximum absolute atomic E-state index is 12.5. The van der Waals surface area contributed by atoms with E-state index in [9.17, 15) is 4.79 Å². The number of para-hydroxylation sites is 1. The third kappa shape index (κ3) is 3.53. The number of piperidine rings is 1. The Hall–Kier alpha value is -2.54. The van der Waals surface area contributed by atoms with Crippen LogP contribution >= 0.6 is 11.3 Å². The summed E-state index contributed by atoms with van der Waals surface area (Å²) in [5, 5.41) is 10.5. The molecule has 136 valence electrons. The standard InChI is InChI=1S/C19H22N4O2S/c1-13-16(15-4-2-3-5-17(15)25-13)12-21-19(24)23-9-6-14(7-10-23)22-18-20-8-11-26-18/h2-5,8,11,14H,6-7,9-10,12H2,1H3,(H,20,22)(H,21,24). The number of fused-ring (bicyclic) bond motifs is 1. The van der Waals surface area contributed by atoms with E-state index in [-0.39, 0.29) is 6.03 Å². The lowest BCUT2D eigenvalue weighted by molar-refractivity contribution is 0.183. The van der Waals surface area contributed by atoms with Crippen LogP contribution in [0.25, 0.3) is 11.0 Å². The molecule has 0 unspecified atom stereocenters. The molecule has 3 aromatic rings. The molecule has 0 aliphatic carbocycles. The molecule has 2 aromatic heterocycles. The van der Waals surface area contributed by atoms with Crippen molar-refractivity contribution in [2.75, 3.05) is 18.4 Å². The van der Waals surface area contributed by atoms with Gasteiger partial charge < -0.3 is 20.0 Å². The minimum Gasteiger partial charge on any atom is -0.461 e. The van der Waals surface area contributed by atoms with Crippen LogP contribution in [-0.4, -0.2) is 35.0 Å². The molecule has 0 spiro atoms. The van der Waals surface area contributed by atoms with Gasteiger partial charge in [-0.1, -0.05) is 18.2 Å². The van der Waals surface area contributed by atoms with Crippen molar-refractivity contribution in [3.05, 3.63) is 47.2 Å². The van der Waals surface area contributed by atoms with Crippen molar-refractivity contribution in [3.63, 3.8) is 0 Å². The van der Waals surface area contributed by atoms with Gasteiger partial charge in [0.15, 0.2) is 5.13 Å². The predicted octanol–water partition coefficient (Wildman–Crippen LogP) is 3.98. The SMILES string of the molecule is Cc1oc2ccccc2c1CNC(=O)N1CCC(Nc2nccs2)CC1. The second kappa shape index (κ2) is 7.37. The van der Waals surface area contributed by atoms with Gasteiger partial charge in [-0.15, -0.1) is 11.3 Å². The summed E-state index contributed by atoms with van der Waals surface area (Å²) in [6.07, 6.45) is 3.67. The normalized spacial score (nSPS) is 15.3. The van der Waals surface area contributed by atoms with Crippen molar-refractivity contribution >= 4 is 33.5 Å². The minimum atomic E-state index is -0.0117. The van der Waals surface area contributed by atoms with Gasteiger partial charge in [0.25, 0.3) is 0 Å². The van der Waals surface area contributed by atoms with Crippen molar-refractivity contribution < 1.29 is 9.21 Å². The topological polar surface area (TPSA) is 70.4 Å². The number of nitrogens with one attached hydrogen (secondary N) is 2. The van der Waals surface area contributed by atoms with Crippen molar-refractivity contribution in [2.45, 2.75) is 32.4 Å². The van der Waals surface area contributed by atoms with Crippen LogP contribution in [0.5, 0.6) is 0 Å². The molecule has 0 atom stereocenters. The largest absolute Gasteiger partial charge is 0.461 e. The smallest absolute Gasteiger partial charge is 0.317 e. The second-order valence-corrected chi connectivity index (χ2v) is 7.43. The van der Waals surface area contributed by atoms with Gasteiger partial charge in [-0.2, -0.15) is 0 Å². The van der Waals surface area contributed by atoms with Crippen LogP contribution in [0.2, 0.25) is 0 Å². The quantitative estimate of drug-likeness (QED) is 0.729. The number of amides is 2. The maximum atomic E-state index is 12.5. The number of carbonyl (C=O) groups excluding carboxylic acids is 1. The summed E-state index contributed by atoms with van der Waals surface area (Å²) in [5.41, 5.74) is 1.91. The predicted molar refractivity (Wildman–Crippen MR) is 104 cm³/mol. The van der Waals surface area contributed by atoms with Crippen molar-refractivity contribution in [1.82, 2.24) is 15.2 Å². The van der Waals surface area contributed by atoms with Crippen molar-refractivity contribution in [1.29, 1.82) is 0 Å². The summed E-state index contributed by atoms with van der Waals surface area (Å²) in [5.74, 6) is 0.859. The van der Waals surface area contributed by atoms with E-state index < -0.39 is 0 Å². The number of nitrogens with zero attached hydrogens (tertiary/aromatic N) is 2. The highest BCUT2D eigenvalue weighted by Crippen LogP contribution is 2.25. The van der Waals surface area contributed by atoms with Gasteiger partial charge in [0.1, 0.15) is 11.3 Å². The number of aromatic nitrogens is 1. The average Bonchev–Trinajstić information content (AvgIpc) is 3.27. The van der Waals surface area contributed by atoms with Gasteiger partial charge in [0, 0.05) is 48.2 Å². The number of hydrogen-bond donors (Lipinski definition) is 2. The molecule has 1 saturated heterocycles. The van der Waals surface area contributed by atoms with E-state index in [0.29, 0.717) is 12.6 Å². The van der Waals surface area contributed by atoms with Gasteiger partial charge in [-0.25, -0.2) is 9.78 Å². The van der Waals surface area contributed by atoms with E-state index >= 15 is 0 Å². The maximum Gasteiger partial charge on any atom is 0.317 e. The first-order valence-electron chi connectivity index (χ1n) is 8.86. The van der Waals surface area contributed by atoms with E-state index in [0.717, 1.165) is 53.4 Å². The number of rotatable bonds is 4. The van der Waals surface area contributed by atoms with E-state index in [4.69, 9.17) is 4.42 Å². The molecule has 4 rings (SSSR count). The zero-order valence-electron chi connectivity index (χ0n) is 14.7. The van der Waals surface area contributed by atoms with Crippen LogP contribution in [0, 0.1) is 6.92 Å². The number of thiazole rings is 1. The van der Waals surface area contributed by atoms with Crippen LogP contribution in [-0.2, 0) is 6.54 Å². The van der Waals surface area contributed by atoms with E-state index in [1.807, 2.05) is 41.5 Å². The zero-order valence-corrected chi connectivity index (χ0v) is 15.5. The van der Waals surface area contributed by atoms with E-state index in [1.54, 1.807) is 17.5 Å². The fourth-order valence-electron chi connectivity index (χ4n) is 3.41. The van der Waals surface area contributed by atoms with Gasteiger partial charge in [-0.3, -0.25) is 0 Å². The molecule has 2 N–H and O–H groups in total. The lowest BCUT2D eigenvalue weighted by Crippen LogP contribution is -2.46. The first-order chi connectivity index (χ1) is 12.7. The fraction of sp³-hybridized carbons (Fsp3) is 0.368. The molecule has 3 heterocycles. The number of benzene rings is 1. The molecule has 1 aromatic carbocycles. The van der Waals surface area contributed by atoms with Gasteiger partial charge in [-0.05, 0) is 25.8 Å². The van der Waals surface area contributed by atoms with Crippen molar-refractivity contribution in [2.24, 2.45) is 0 Å². The van der Waals surface area contributed by atoms with Crippen LogP contribution in [0.3, 0.4) is 0 Å². The summed E-state index contributed by atoms with van der Waals surface area (Å²) in [4.78, 5) is 18.7. The Balaban J connectivity index is 1.31. The summed E-state index contributed by atoms with van der Waals surface area (Å²) in [6.45, 7) is 3.93. The van der Waals surface area contributed by atoms with E-state index in [1.165, 1.54) is 0 Å². The molecule has 0 bridgehead atoms. The molecular weight excluding hydrogens is 348 g/mol. The Morgan fingerprint density at radius 3 is 2.92 bits per heavy atom. The number of furan rings is 1. The highest BCUT2D eigenvalue weighted by molar-refractivity contribution is 7.13. The van der Waals surface area contributed by atoms with Crippen molar-refractivity contribution in [3.8, 4) is 0 Å². The Labute approximate surface area is 156 Å². The number of carbonyl (C=O) groups is 1. The Morgan fingerprint density at radius 1 is 1.35 bits per heavy atom. The fourth-order valence-corrected chi connectivity index (χ4v) is 4.02. The molecule has 2 amide bonds. The number of urea groups is 1. The number of likely N-dealkylation sites (tertiary alicyclic amines) is 1. The van der Waals surface area contributed by atoms with Gasteiger partial charge >= 0.3 is 6.03 Å². The molecular formula is C19H22N4O2S. The Bertz CT molecular complexity index is 882.